The van der Waals surface area contributed by atoms with Crippen LogP contribution in [0.15, 0.2) is 36.5 Å². The molecule has 2 aromatic heterocycles. The van der Waals surface area contributed by atoms with Crippen LogP contribution in [0.5, 0.6) is 0 Å². The van der Waals surface area contributed by atoms with Crippen LogP contribution in [-0.2, 0) is 4.43 Å². The van der Waals surface area contributed by atoms with Gasteiger partial charge in [-0.1, -0.05) is 26.8 Å². The maximum absolute atomic E-state index is 6.09. The van der Waals surface area contributed by atoms with Crippen LogP contribution >= 0.6 is 0 Å². The Balaban J connectivity index is 1.74. The van der Waals surface area contributed by atoms with Crippen LogP contribution in [0.4, 0.5) is 5.69 Å². The average Bonchev–Trinajstić information content (AvgIpc) is 2.90. The average molecular weight is 355 g/mol. The summed E-state index contributed by atoms with van der Waals surface area (Å²) < 4.78 is 8.24. The van der Waals surface area contributed by atoms with Gasteiger partial charge in [0, 0.05) is 31.5 Å². The molecule has 0 fully saturated rings. The second kappa shape index (κ2) is 6.81. The van der Waals surface area contributed by atoms with E-state index in [2.05, 4.69) is 87.1 Å². The molecule has 5 heteroatoms. The summed E-state index contributed by atoms with van der Waals surface area (Å²) in [5, 5.41) is 0.274. The highest BCUT2D eigenvalue weighted by Gasteiger charge is 2.23. The van der Waals surface area contributed by atoms with Crippen LogP contribution in [0.3, 0.4) is 0 Å². The first kappa shape index (κ1) is 18.0. The number of imidazole rings is 1. The van der Waals surface area contributed by atoms with Gasteiger partial charge in [-0.05, 0) is 42.3 Å². The number of fused-ring (bicyclic) bond motifs is 3. The number of pyridine rings is 1. The Morgan fingerprint density at radius 3 is 2.68 bits per heavy atom. The summed E-state index contributed by atoms with van der Waals surface area (Å²) in [6.45, 7) is 12.8. The van der Waals surface area contributed by atoms with Crippen molar-refractivity contribution >= 4 is 31.4 Å². The fourth-order valence-corrected chi connectivity index (χ4v) is 3.56. The highest BCUT2D eigenvalue weighted by molar-refractivity contribution is 6.53. The first-order valence-corrected chi connectivity index (χ1v) is 10.7. The molecule has 0 spiro atoms. The molecule has 0 atom stereocenters. The fraction of sp³-hybridized carbons (Fsp3) is 0.450. The largest absolute Gasteiger partial charge is 0.415 e. The zero-order valence-electron chi connectivity index (χ0n) is 16.1. The van der Waals surface area contributed by atoms with Gasteiger partial charge in [0.05, 0.1) is 17.6 Å². The van der Waals surface area contributed by atoms with Crippen molar-refractivity contribution in [1.82, 2.24) is 9.38 Å². The lowest BCUT2D eigenvalue weighted by atomic mass is 10.2. The molecule has 0 bridgehead atoms. The standard InChI is InChI=1S/C20H28N3OSi/c1-15-7-8-17-18(13-15)23-10-9-16(14-19(23)21-17)22(5)11-12-24-25(6)20(2,3)4/h7-10,13-14H,11-12H2,1-6H3. The van der Waals surface area contributed by atoms with E-state index >= 15 is 0 Å². The van der Waals surface area contributed by atoms with Gasteiger partial charge in [0.1, 0.15) is 5.65 Å². The van der Waals surface area contributed by atoms with Gasteiger partial charge in [-0.15, -0.1) is 0 Å². The number of aromatic nitrogens is 2. The zero-order chi connectivity index (χ0) is 18.2. The van der Waals surface area contributed by atoms with E-state index in [-0.39, 0.29) is 5.04 Å². The molecule has 1 radical (unpaired) electrons. The zero-order valence-corrected chi connectivity index (χ0v) is 17.1. The van der Waals surface area contributed by atoms with Gasteiger partial charge in [-0.25, -0.2) is 4.98 Å². The van der Waals surface area contributed by atoms with Gasteiger partial charge >= 0.3 is 0 Å². The third-order valence-corrected chi connectivity index (χ3v) is 7.54. The van der Waals surface area contributed by atoms with Crippen LogP contribution in [-0.4, -0.2) is 38.6 Å². The quantitative estimate of drug-likeness (QED) is 0.624. The minimum atomic E-state index is -0.781. The van der Waals surface area contributed by atoms with Crippen LogP contribution in [0, 0.1) is 6.92 Å². The van der Waals surface area contributed by atoms with E-state index in [1.54, 1.807) is 0 Å². The molecule has 4 nitrogen and oxygen atoms in total. The molecule has 0 aliphatic carbocycles. The number of benzene rings is 1. The SMILES string of the molecule is Cc1ccc2nc3cc(N(C)CCO[Si](C)C(C)(C)C)ccn3c2c1. The number of rotatable bonds is 5. The molecule has 2 heterocycles. The van der Waals surface area contributed by atoms with Gasteiger partial charge in [-0.3, -0.25) is 4.40 Å². The monoisotopic (exact) mass is 354 g/mol. The van der Waals surface area contributed by atoms with Gasteiger partial charge in [0.2, 0.25) is 9.04 Å². The van der Waals surface area contributed by atoms with Crippen LogP contribution < -0.4 is 4.90 Å². The van der Waals surface area contributed by atoms with E-state index in [1.165, 1.54) is 11.3 Å². The predicted octanol–water partition coefficient (Wildman–Crippen LogP) is 4.67. The maximum Gasteiger partial charge on any atom is 0.213 e. The fourth-order valence-electron chi connectivity index (χ4n) is 2.73. The third kappa shape index (κ3) is 3.88. The molecular weight excluding hydrogens is 326 g/mol. The van der Waals surface area contributed by atoms with Crippen LogP contribution in [0.25, 0.3) is 16.7 Å². The summed E-state index contributed by atoms with van der Waals surface area (Å²) in [4.78, 5) is 6.99. The van der Waals surface area contributed by atoms with E-state index in [4.69, 9.17) is 9.41 Å². The molecule has 1 aromatic carbocycles. The van der Waals surface area contributed by atoms with Crippen molar-refractivity contribution in [3.8, 4) is 0 Å². The first-order chi connectivity index (χ1) is 11.8. The maximum atomic E-state index is 6.09. The lowest BCUT2D eigenvalue weighted by Crippen LogP contribution is -2.30. The number of likely N-dealkylation sites (N-methyl/N-ethyl adjacent to an activating group) is 1. The van der Waals surface area contributed by atoms with Gasteiger partial charge < -0.3 is 9.33 Å². The van der Waals surface area contributed by atoms with Crippen LogP contribution in [0.2, 0.25) is 11.6 Å². The summed E-state index contributed by atoms with van der Waals surface area (Å²) in [5.41, 5.74) is 5.61. The third-order valence-electron chi connectivity index (χ3n) is 4.79. The second-order valence-electron chi connectivity index (χ2n) is 7.79. The Morgan fingerprint density at radius 1 is 1.20 bits per heavy atom. The Labute approximate surface area is 152 Å². The van der Waals surface area contributed by atoms with E-state index in [0.29, 0.717) is 0 Å². The molecule has 25 heavy (non-hydrogen) atoms. The minimum Gasteiger partial charge on any atom is -0.415 e. The highest BCUT2D eigenvalue weighted by Crippen LogP contribution is 2.27. The summed E-state index contributed by atoms with van der Waals surface area (Å²) in [5.74, 6) is 0. The molecule has 0 aliphatic heterocycles. The lowest BCUT2D eigenvalue weighted by molar-refractivity contribution is 0.314. The summed E-state index contributed by atoms with van der Waals surface area (Å²) in [6, 6.07) is 10.7. The smallest absolute Gasteiger partial charge is 0.213 e. The first-order valence-electron chi connectivity index (χ1n) is 8.82. The summed E-state index contributed by atoms with van der Waals surface area (Å²) in [7, 11) is 1.33. The van der Waals surface area contributed by atoms with Crippen molar-refractivity contribution in [1.29, 1.82) is 0 Å². The molecule has 0 saturated carbocycles. The van der Waals surface area contributed by atoms with Gasteiger partial charge in [0.15, 0.2) is 0 Å². The molecule has 0 aliphatic rings. The highest BCUT2D eigenvalue weighted by atomic mass is 28.3. The Kier molecular flexibility index (Phi) is 4.89. The molecule has 0 saturated heterocycles. The Hall–Kier alpha value is -1.85. The number of hydrogen-bond acceptors (Lipinski definition) is 3. The molecule has 133 valence electrons. The molecular formula is C20H28N3OSi. The Bertz CT molecular complexity index is 882. The van der Waals surface area contributed by atoms with Crippen molar-refractivity contribution in [3.05, 3.63) is 42.1 Å². The summed E-state index contributed by atoms with van der Waals surface area (Å²) >= 11 is 0. The number of aryl methyl sites for hydroxylation is 1. The summed E-state index contributed by atoms with van der Waals surface area (Å²) in [6.07, 6.45) is 2.11. The molecule has 0 N–H and O–H groups in total. The van der Waals surface area contributed by atoms with Crippen LogP contribution in [0.1, 0.15) is 26.3 Å². The van der Waals surface area contributed by atoms with E-state index in [0.717, 1.165) is 29.8 Å². The second-order valence-corrected chi connectivity index (χ2v) is 10.7. The normalized spacial score (nSPS) is 12.4. The van der Waals surface area contributed by atoms with E-state index in [1.807, 2.05) is 0 Å². The van der Waals surface area contributed by atoms with Crippen molar-refractivity contribution in [2.45, 2.75) is 39.3 Å². The molecule has 0 amide bonds. The van der Waals surface area contributed by atoms with Crippen molar-refractivity contribution < 1.29 is 4.43 Å². The molecule has 3 aromatic rings. The van der Waals surface area contributed by atoms with Crippen molar-refractivity contribution in [3.63, 3.8) is 0 Å². The minimum absolute atomic E-state index is 0.274. The topological polar surface area (TPSA) is 29.8 Å². The van der Waals surface area contributed by atoms with Crippen molar-refractivity contribution in [2.24, 2.45) is 0 Å². The number of anilines is 1. The molecule has 3 rings (SSSR count). The molecule has 0 unspecified atom stereocenters. The number of nitrogens with zero attached hydrogens (tertiary/aromatic N) is 3. The predicted molar refractivity (Wildman–Crippen MR) is 108 cm³/mol. The van der Waals surface area contributed by atoms with Gasteiger partial charge in [-0.2, -0.15) is 0 Å². The number of hydrogen-bond donors (Lipinski definition) is 0. The Morgan fingerprint density at radius 2 is 1.96 bits per heavy atom. The van der Waals surface area contributed by atoms with E-state index in [9.17, 15) is 0 Å². The lowest BCUT2D eigenvalue weighted by Gasteiger charge is -2.26. The van der Waals surface area contributed by atoms with E-state index < -0.39 is 9.04 Å². The van der Waals surface area contributed by atoms with Gasteiger partial charge in [0.25, 0.3) is 0 Å². The van der Waals surface area contributed by atoms with Crippen molar-refractivity contribution in [2.75, 3.05) is 25.1 Å².